The van der Waals surface area contributed by atoms with Gasteiger partial charge in [0.1, 0.15) is 0 Å². The zero-order valence-electron chi connectivity index (χ0n) is 9.76. The van der Waals surface area contributed by atoms with Gasteiger partial charge < -0.3 is 5.73 Å². The Morgan fingerprint density at radius 3 is 2.53 bits per heavy atom. The van der Waals surface area contributed by atoms with Crippen LogP contribution in [0, 0.1) is 0 Å². The molecule has 17 heavy (non-hydrogen) atoms. The monoisotopic (exact) mass is 252 g/mol. The average molecular weight is 252 g/mol. The van der Waals surface area contributed by atoms with E-state index in [-0.39, 0.29) is 0 Å². The molecule has 1 heterocycles. The third-order valence-corrected chi connectivity index (χ3v) is 5.11. The van der Waals surface area contributed by atoms with Gasteiger partial charge in [0.15, 0.2) is 0 Å². The number of nitrogens with zero attached hydrogens (tertiary/aromatic N) is 1. The molecule has 2 aliphatic rings. The minimum absolute atomic E-state index is 0.321. The van der Waals surface area contributed by atoms with E-state index in [9.17, 15) is 8.42 Å². The molecule has 1 aliphatic heterocycles. The van der Waals surface area contributed by atoms with Crippen LogP contribution in [0.15, 0.2) is 18.2 Å². The molecule has 5 heteroatoms. The van der Waals surface area contributed by atoms with Gasteiger partial charge in [0.2, 0.25) is 10.0 Å². The van der Waals surface area contributed by atoms with Crippen molar-refractivity contribution in [2.45, 2.75) is 18.3 Å². The first-order chi connectivity index (χ1) is 7.95. The van der Waals surface area contributed by atoms with Crippen LogP contribution in [0.5, 0.6) is 0 Å². The maximum Gasteiger partial charge on any atom is 0.211 e. The van der Waals surface area contributed by atoms with E-state index in [1.54, 1.807) is 4.31 Å². The lowest BCUT2D eigenvalue weighted by atomic mass is 9.98. The molecule has 1 fully saturated rings. The number of rotatable bonds is 1. The van der Waals surface area contributed by atoms with E-state index < -0.39 is 10.0 Å². The van der Waals surface area contributed by atoms with E-state index in [0.29, 0.717) is 24.9 Å². The van der Waals surface area contributed by atoms with Gasteiger partial charge in [-0.3, -0.25) is 0 Å². The van der Waals surface area contributed by atoms with Crippen molar-refractivity contribution in [2.24, 2.45) is 0 Å². The summed E-state index contributed by atoms with van der Waals surface area (Å²) >= 11 is 0. The third kappa shape index (κ3) is 1.73. The van der Waals surface area contributed by atoms with Crippen molar-refractivity contribution in [1.82, 2.24) is 4.31 Å². The number of fused-ring (bicyclic) bond motifs is 5. The van der Waals surface area contributed by atoms with Crippen LogP contribution in [0.1, 0.15) is 29.4 Å². The number of benzene rings is 1. The van der Waals surface area contributed by atoms with Crippen molar-refractivity contribution in [3.8, 4) is 0 Å². The zero-order chi connectivity index (χ0) is 12.2. The van der Waals surface area contributed by atoms with Crippen LogP contribution in [-0.4, -0.2) is 32.1 Å². The van der Waals surface area contributed by atoms with Crippen LogP contribution in [0.25, 0.3) is 0 Å². The van der Waals surface area contributed by atoms with Crippen molar-refractivity contribution in [2.75, 3.05) is 25.1 Å². The maximum absolute atomic E-state index is 11.6. The van der Waals surface area contributed by atoms with Crippen molar-refractivity contribution in [3.05, 3.63) is 29.3 Å². The van der Waals surface area contributed by atoms with Gasteiger partial charge in [0.05, 0.1) is 6.26 Å². The molecule has 4 nitrogen and oxygen atoms in total. The van der Waals surface area contributed by atoms with Crippen molar-refractivity contribution in [3.63, 3.8) is 0 Å². The lowest BCUT2D eigenvalue weighted by Crippen LogP contribution is -2.38. The van der Waals surface area contributed by atoms with E-state index in [1.807, 2.05) is 12.1 Å². The summed E-state index contributed by atoms with van der Waals surface area (Å²) in [6.45, 7) is 1.22. The van der Waals surface area contributed by atoms with Gasteiger partial charge in [-0.1, -0.05) is 6.07 Å². The maximum atomic E-state index is 11.6. The predicted molar refractivity (Wildman–Crippen MR) is 67.4 cm³/mol. The lowest BCUT2D eigenvalue weighted by molar-refractivity contribution is 0.311. The number of hydrogen-bond donors (Lipinski definition) is 1. The van der Waals surface area contributed by atoms with Gasteiger partial charge in [-0.25, -0.2) is 12.7 Å². The first kappa shape index (κ1) is 11.0. The van der Waals surface area contributed by atoms with E-state index in [2.05, 4.69) is 6.07 Å². The molecule has 1 aliphatic carbocycles. The molecule has 2 unspecified atom stereocenters. The van der Waals surface area contributed by atoms with Crippen LogP contribution >= 0.6 is 0 Å². The quantitative estimate of drug-likeness (QED) is 0.762. The Bertz CT molecular complexity index is 568. The van der Waals surface area contributed by atoms with Crippen molar-refractivity contribution >= 4 is 15.7 Å². The third-order valence-electron chi connectivity index (χ3n) is 3.88. The fourth-order valence-electron chi connectivity index (χ4n) is 3.10. The molecule has 2 bridgehead atoms. The number of nitrogens with two attached hydrogens (primary N) is 1. The Morgan fingerprint density at radius 1 is 1.24 bits per heavy atom. The SMILES string of the molecule is CS(=O)(=O)N1CC2CC(C1)c1cc(N)ccc12. The number of hydrogen-bond acceptors (Lipinski definition) is 3. The normalized spacial score (nSPS) is 28.1. The molecule has 1 aromatic carbocycles. The van der Waals surface area contributed by atoms with Gasteiger partial charge in [0.25, 0.3) is 0 Å². The minimum Gasteiger partial charge on any atom is -0.399 e. The highest BCUT2D eigenvalue weighted by Gasteiger charge is 2.40. The summed E-state index contributed by atoms with van der Waals surface area (Å²) in [6, 6.07) is 5.97. The Morgan fingerprint density at radius 2 is 1.88 bits per heavy atom. The average Bonchev–Trinajstić information content (AvgIpc) is 2.49. The second-order valence-electron chi connectivity index (χ2n) is 5.10. The molecule has 0 saturated carbocycles. The second kappa shape index (κ2) is 3.46. The van der Waals surface area contributed by atoms with Crippen LogP contribution in [-0.2, 0) is 10.0 Å². The topological polar surface area (TPSA) is 63.4 Å². The molecule has 1 saturated heterocycles. The Labute approximate surface area is 101 Å². The van der Waals surface area contributed by atoms with Crippen LogP contribution in [0.2, 0.25) is 0 Å². The van der Waals surface area contributed by atoms with Gasteiger partial charge in [-0.2, -0.15) is 0 Å². The van der Waals surface area contributed by atoms with Crippen LogP contribution < -0.4 is 5.73 Å². The van der Waals surface area contributed by atoms with Gasteiger partial charge in [0, 0.05) is 18.8 Å². The molecule has 0 radical (unpaired) electrons. The van der Waals surface area contributed by atoms with E-state index >= 15 is 0 Å². The molecule has 0 aromatic heterocycles. The summed E-state index contributed by atoms with van der Waals surface area (Å²) in [6.07, 6.45) is 2.35. The van der Waals surface area contributed by atoms with Gasteiger partial charge in [-0.15, -0.1) is 0 Å². The Balaban J connectivity index is 2.01. The Hall–Kier alpha value is -1.07. The Kier molecular flexibility index (Phi) is 2.25. The first-order valence-electron chi connectivity index (χ1n) is 5.79. The molecule has 2 N–H and O–H groups in total. The molecule has 0 amide bonds. The first-order valence-corrected chi connectivity index (χ1v) is 7.64. The molecule has 0 spiro atoms. The molecule has 3 rings (SSSR count). The fraction of sp³-hybridized carbons (Fsp3) is 0.500. The zero-order valence-corrected chi connectivity index (χ0v) is 10.6. The number of anilines is 1. The van der Waals surface area contributed by atoms with Crippen LogP contribution in [0.3, 0.4) is 0 Å². The van der Waals surface area contributed by atoms with Gasteiger partial charge in [-0.05, 0) is 41.5 Å². The molecule has 92 valence electrons. The van der Waals surface area contributed by atoms with Crippen molar-refractivity contribution < 1.29 is 8.42 Å². The summed E-state index contributed by atoms with van der Waals surface area (Å²) < 4.78 is 24.8. The van der Waals surface area contributed by atoms with Crippen molar-refractivity contribution in [1.29, 1.82) is 0 Å². The number of sulfonamides is 1. The summed E-state index contributed by atoms with van der Waals surface area (Å²) in [5.41, 5.74) is 9.11. The largest absolute Gasteiger partial charge is 0.399 e. The summed E-state index contributed by atoms with van der Waals surface area (Å²) in [5, 5.41) is 0. The second-order valence-corrected chi connectivity index (χ2v) is 7.08. The highest BCUT2D eigenvalue weighted by molar-refractivity contribution is 7.88. The molecular formula is C12H16N2O2S. The number of nitrogen functional groups attached to an aromatic ring is 1. The van der Waals surface area contributed by atoms with Crippen LogP contribution in [0.4, 0.5) is 5.69 Å². The number of piperidine rings is 1. The highest BCUT2D eigenvalue weighted by Crippen LogP contribution is 2.46. The molecular weight excluding hydrogens is 236 g/mol. The van der Waals surface area contributed by atoms with E-state index in [1.165, 1.54) is 17.4 Å². The predicted octanol–water partition coefficient (Wildman–Crippen LogP) is 1.11. The van der Waals surface area contributed by atoms with E-state index in [0.717, 1.165) is 12.1 Å². The highest BCUT2D eigenvalue weighted by atomic mass is 32.2. The summed E-state index contributed by atoms with van der Waals surface area (Å²) in [7, 11) is -3.08. The fourth-order valence-corrected chi connectivity index (χ4v) is 4.00. The smallest absolute Gasteiger partial charge is 0.211 e. The molecule has 1 aromatic rings. The molecule has 2 atom stereocenters. The lowest BCUT2D eigenvalue weighted by Gasteiger charge is -2.29. The standard InChI is InChI=1S/C12H16N2O2S/c1-17(15,16)14-6-8-4-9(7-14)12-5-10(13)2-3-11(8)12/h2-3,5,8-9H,4,6-7,13H2,1H3. The van der Waals surface area contributed by atoms with Gasteiger partial charge >= 0.3 is 0 Å². The van der Waals surface area contributed by atoms with E-state index in [4.69, 9.17) is 5.73 Å². The summed E-state index contributed by atoms with van der Waals surface area (Å²) in [4.78, 5) is 0. The minimum atomic E-state index is -3.08. The summed E-state index contributed by atoms with van der Waals surface area (Å²) in [5.74, 6) is 0.668.